The molecular formula is C10H13NO. The average molecular weight is 163 g/mol. The zero-order valence-electron chi connectivity index (χ0n) is 7.18. The minimum Gasteiger partial charge on any atom is -0.300 e. The average Bonchev–Trinajstić information content (AvgIpc) is 2.50. The molecule has 0 aliphatic heterocycles. The second-order valence-electron chi connectivity index (χ2n) is 4.14. The highest BCUT2D eigenvalue weighted by molar-refractivity contribution is 5.87. The van der Waals surface area contributed by atoms with Crippen molar-refractivity contribution in [3.8, 4) is 6.07 Å². The van der Waals surface area contributed by atoms with E-state index in [1.54, 1.807) is 0 Å². The lowest BCUT2D eigenvalue weighted by atomic mass is 9.61. The van der Waals surface area contributed by atoms with Crippen LogP contribution in [0.15, 0.2) is 0 Å². The van der Waals surface area contributed by atoms with Gasteiger partial charge in [0.25, 0.3) is 0 Å². The quantitative estimate of drug-likeness (QED) is 0.593. The molecule has 2 saturated carbocycles. The van der Waals surface area contributed by atoms with Crippen LogP contribution in [0, 0.1) is 22.7 Å². The van der Waals surface area contributed by atoms with Gasteiger partial charge in [0.2, 0.25) is 0 Å². The van der Waals surface area contributed by atoms with Crippen molar-refractivity contribution in [3.63, 3.8) is 0 Å². The molecule has 0 unspecified atom stereocenters. The number of hydrogen-bond donors (Lipinski definition) is 0. The van der Waals surface area contributed by atoms with Crippen molar-refractivity contribution in [2.75, 3.05) is 0 Å². The smallest absolute Gasteiger partial charge is 0.136 e. The number of nitriles is 1. The van der Waals surface area contributed by atoms with Gasteiger partial charge in [0, 0.05) is 12.8 Å². The number of ketones is 1. The summed E-state index contributed by atoms with van der Waals surface area (Å²) in [6, 6.07) is 2.37. The van der Waals surface area contributed by atoms with E-state index in [0.717, 1.165) is 0 Å². The standard InChI is InChI=1S/C10H13NO/c11-7-10(5-9(12)6-10)8-3-1-2-4-8/h8H,1-6H2. The van der Waals surface area contributed by atoms with Crippen molar-refractivity contribution in [3.05, 3.63) is 0 Å². The van der Waals surface area contributed by atoms with Gasteiger partial charge in [0.05, 0.1) is 11.5 Å². The molecule has 2 nitrogen and oxygen atoms in total. The molecule has 64 valence electrons. The van der Waals surface area contributed by atoms with Crippen LogP contribution < -0.4 is 0 Å². The van der Waals surface area contributed by atoms with Crippen LogP contribution in [0.5, 0.6) is 0 Å². The van der Waals surface area contributed by atoms with E-state index in [2.05, 4.69) is 6.07 Å². The minimum atomic E-state index is -0.229. The van der Waals surface area contributed by atoms with E-state index in [-0.39, 0.29) is 11.2 Å². The van der Waals surface area contributed by atoms with Crippen molar-refractivity contribution in [2.24, 2.45) is 11.3 Å². The Hall–Kier alpha value is -0.840. The predicted molar refractivity (Wildman–Crippen MR) is 44.2 cm³/mol. The maximum Gasteiger partial charge on any atom is 0.136 e. The summed E-state index contributed by atoms with van der Waals surface area (Å²) in [5.74, 6) is 0.809. The molecular weight excluding hydrogens is 150 g/mol. The van der Waals surface area contributed by atoms with Gasteiger partial charge in [-0.1, -0.05) is 12.8 Å². The number of carbonyl (C=O) groups excluding carboxylic acids is 1. The number of nitrogens with zero attached hydrogens (tertiary/aromatic N) is 1. The van der Waals surface area contributed by atoms with Crippen LogP contribution in [-0.4, -0.2) is 5.78 Å². The van der Waals surface area contributed by atoms with Crippen molar-refractivity contribution in [2.45, 2.75) is 38.5 Å². The molecule has 0 N–H and O–H groups in total. The fourth-order valence-corrected chi connectivity index (χ4v) is 2.59. The van der Waals surface area contributed by atoms with E-state index in [9.17, 15) is 4.79 Å². The Balaban J connectivity index is 2.09. The third-order valence-corrected chi connectivity index (χ3v) is 3.38. The first-order chi connectivity index (χ1) is 5.77. The summed E-state index contributed by atoms with van der Waals surface area (Å²) in [5.41, 5.74) is -0.229. The van der Waals surface area contributed by atoms with Gasteiger partial charge in [-0.25, -0.2) is 0 Å². The van der Waals surface area contributed by atoms with Gasteiger partial charge in [-0.2, -0.15) is 5.26 Å². The molecule has 2 aliphatic rings. The first kappa shape index (κ1) is 7.79. The van der Waals surface area contributed by atoms with Crippen LogP contribution in [0.3, 0.4) is 0 Å². The number of rotatable bonds is 1. The Morgan fingerprint density at radius 3 is 2.33 bits per heavy atom. The highest BCUT2D eigenvalue weighted by Crippen LogP contribution is 2.50. The third-order valence-electron chi connectivity index (χ3n) is 3.38. The van der Waals surface area contributed by atoms with Gasteiger partial charge in [0.15, 0.2) is 0 Å². The molecule has 0 bridgehead atoms. The Labute approximate surface area is 72.6 Å². The molecule has 0 aromatic carbocycles. The van der Waals surface area contributed by atoms with Crippen LogP contribution in [0.1, 0.15) is 38.5 Å². The van der Waals surface area contributed by atoms with Gasteiger partial charge < -0.3 is 0 Å². The van der Waals surface area contributed by atoms with Gasteiger partial charge in [0.1, 0.15) is 5.78 Å². The number of carbonyl (C=O) groups is 1. The van der Waals surface area contributed by atoms with Crippen LogP contribution in [0.2, 0.25) is 0 Å². The van der Waals surface area contributed by atoms with Crippen LogP contribution in [-0.2, 0) is 4.79 Å². The van der Waals surface area contributed by atoms with E-state index in [1.807, 2.05) is 0 Å². The molecule has 2 rings (SSSR count). The Bertz CT molecular complexity index is 237. The Morgan fingerprint density at radius 2 is 1.92 bits per heavy atom. The second-order valence-corrected chi connectivity index (χ2v) is 4.14. The highest BCUT2D eigenvalue weighted by Gasteiger charge is 2.50. The molecule has 0 spiro atoms. The summed E-state index contributed by atoms with van der Waals surface area (Å²) in [6.45, 7) is 0. The number of hydrogen-bond acceptors (Lipinski definition) is 2. The van der Waals surface area contributed by atoms with Crippen LogP contribution in [0.4, 0.5) is 0 Å². The Morgan fingerprint density at radius 1 is 1.33 bits per heavy atom. The maximum absolute atomic E-state index is 10.9. The lowest BCUT2D eigenvalue weighted by Gasteiger charge is -2.38. The topological polar surface area (TPSA) is 40.9 Å². The van der Waals surface area contributed by atoms with Crippen molar-refractivity contribution in [1.29, 1.82) is 5.26 Å². The van der Waals surface area contributed by atoms with Gasteiger partial charge in [-0.15, -0.1) is 0 Å². The zero-order valence-corrected chi connectivity index (χ0v) is 7.18. The molecule has 2 heteroatoms. The summed E-state index contributed by atoms with van der Waals surface area (Å²) in [4.78, 5) is 10.9. The van der Waals surface area contributed by atoms with Crippen molar-refractivity contribution in [1.82, 2.24) is 0 Å². The van der Waals surface area contributed by atoms with Crippen LogP contribution >= 0.6 is 0 Å². The lowest BCUT2D eigenvalue weighted by Crippen LogP contribution is -2.41. The molecule has 0 radical (unpaired) electrons. The SMILES string of the molecule is N#CC1(C2CCCC2)CC(=O)C1. The molecule has 0 heterocycles. The molecule has 0 atom stereocenters. The molecule has 2 aliphatic carbocycles. The molecule has 0 amide bonds. The summed E-state index contributed by atoms with van der Waals surface area (Å²) >= 11 is 0. The Kier molecular flexibility index (Phi) is 1.68. The fraction of sp³-hybridized carbons (Fsp3) is 0.800. The first-order valence-corrected chi connectivity index (χ1v) is 4.70. The zero-order chi connectivity index (χ0) is 8.60. The highest BCUT2D eigenvalue weighted by atomic mass is 16.1. The van der Waals surface area contributed by atoms with Crippen molar-refractivity contribution < 1.29 is 4.79 Å². The van der Waals surface area contributed by atoms with E-state index in [4.69, 9.17) is 5.26 Å². The predicted octanol–water partition coefficient (Wildman–Crippen LogP) is 2.05. The van der Waals surface area contributed by atoms with Gasteiger partial charge >= 0.3 is 0 Å². The molecule has 12 heavy (non-hydrogen) atoms. The third kappa shape index (κ3) is 0.964. The minimum absolute atomic E-state index is 0.229. The van der Waals surface area contributed by atoms with Crippen LogP contribution in [0.25, 0.3) is 0 Å². The molecule has 2 fully saturated rings. The summed E-state index contributed by atoms with van der Waals surface area (Å²) in [6.07, 6.45) is 5.91. The normalized spacial score (nSPS) is 28.1. The first-order valence-electron chi connectivity index (χ1n) is 4.70. The summed E-state index contributed by atoms with van der Waals surface area (Å²) in [5, 5.41) is 9.01. The van der Waals surface area contributed by atoms with Gasteiger partial charge in [-0.05, 0) is 18.8 Å². The van der Waals surface area contributed by atoms with Gasteiger partial charge in [-0.3, -0.25) is 4.79 Å². The monoisotopic (exact) mass is 163 g/mol. The van der Waals surface area contributed by atoms with E-state index < -0.39 is 0 Å². The summed E-state index contributed by atoms with van der Waals surface area (Å²) < 4.78 is 0. The molecule has 0 saturated heterocycles. The second kappa shape index (κ2) is 2.58. The van der Waals surface area contributed by atoms with E-state index >= 15 is 0 Å². The number of Topliss-reactive ketones (excluding diaryl/α,β-unsaturated/α-hetero) is 1. The lowest BCUT2D eigenvalue weighted by molar-refractivity contribution is -0.132. The van der Waals surface area contributed by atoms with E-state index in [0.29, 0.717) is 18.8 Å². The van der Waals surface area contributed by atoms with E-state index in [1.165, 1.54) is 25.7 Å². The molecule has 0 aromatic rings. The largest absolute Gasteiger partial charge is 0.300 e. The van der Waals surface area contributed by atoms with Crippen molar-refractivity contribution >= 4 is 5.78 Å². The molecule has 0 aromatic heterocycles. The fourth-order valence-electron chi connectivity index (χ4n) is 2.59. The summed E-state index contributed by atoms with van der Waals surface area (Å²) in [7, 11) is 0. The maximum atomic E-state index is 10.9.